The molecular weight excluding hydrogens is 459 g/mol. The molecule has 0 spiro atoms. The number of carbonyl (C=O) groups is 1. The van der Waals surface area contributed by atoms with E-state index in [0.717, 1.165) is 11.8 Å². The number of halogens is 2. The number of aliphatic hydroxyl groups is 1. The van der Waals surface area contributed by atoms with E-state index in [2.05, 4.69) is 4.99 Å². The molecule has 1 aliphatic rings. The fourth-order valence-electron chi connectivity index (χ4n) is 2.67. The van der Waals surface area contributed by atoms with Gasteiger partial charge in [-0.3, -0.25) is 0 Å². The Morgan fingerprint density at radius 2 is 1.94 bits per heavy atom. The molecular formula is C22H16Cl2N2O4S. The number of ether oxygens (including phenoxy) is 2. The Hall–Kier alpha value is -2.92. The van der Waals surface area contributed by atoms with Crippen LogP contribution in [-0.4, -0.2) is 29.3 Å². The summed E-state index contributed by atoms with van der Waals surface area (Å²) in [5.41, 5.74) is 1.19. The summed E-state index contributed by atoms with van der Waals surface area (Å²) in [6.45, 7) is 1.65. The predicted molar refractivity (Wildman–Crippen MR) is 123 cm³/mol. The van der Waals surface area contributed by atoms with Gasteiger partial charge in [-0.1, -0.05) is 53.2 Å². The Morgan fingerprint density at radius 3 is 2.55 bits per heavy atom. The molecule has 1 N–H and O–H groups in total. The molecule has 6 nitrogen and oxygen atoms in total. The molecule has 0 saturated carbocycles. The maximum atomic E-state index is 12.5. The number of nitriles is 1. The van der Waals surface area contributed by atoms with Gasteiger partial charge >= 0.3 is 5.97 Å². The molecule has 0 amide bonds. The van der Waals surface area contributed by atoms with Crippen molar-refractivity contribution in [3.63, 3.8) is 0 Å². The second kappa shape index (κ2) is 10.4. The molecule has 158 valence electrons. The summed E-state index contributed by atoms with van der Waals surface area (Å²) >= 11 is 13.6. The lowest BCUT2D eigenvalue weighted by molar-refractivity contribution is -0.138. The van der Waals surface area contributed by atoms with Gasteiger partial charge in [-0.15, -0.1) is 0 Å². The second-order valence-electron chi connectivity index (χ2n) is 6.07. The zero-order valence-electron chi connectivity index (χ0n) is 16.3. The first-order chi connectivity index (χ1) is 14.9. The molecule has 1 heterocycles. The fraction of sp³-hybridized carbons (Fsp3) is 0.136. The van der Waals surface area contributed by atoms with Gasteiger partial charge < -0.3 is 14.6 Å². The van der Waals surface area contributed by atoms with Crippen molar-refractivity contribution >= 4 is 57.7 Å². The van der Waals surface area contributed by atoms with E-state index in [1.165, 1.54) is 0 Å². The zero-order chi connectivity index (χ0) is 22.4. The van der Waals surface area contributed by atoms with Crippen LogP contribution in [0, 0.1) is 11.3 Å². The summed E-state index contributed by atoms with van der Waals surface area (Å²) in [6.07, 6.45) is 1.62. The summed E-state index contributed by atoms with van der Waals surface area (Å²) in [6, 6.07) is 14.1. The number of nitrogens with zero attached hydrogens (tertiary/aromatic N) is 2. The van der Waals surface area contributed by atoms with E-state index >= 15 is 0 Å². The summed E-state index contributed by atoms with van der Waals surface area (Å²) in [7, 11) is 0. The molecule has 0 radical (unpaired) electrons. The molecule has 0 aromatic heterocycles. The Balaban J connectivity index is 2.02. The Bertz CT molecular complexity index is 1110. The highest BCUT2D eigenvalue weighted by molar-refractivity contribution is 8.18. The number of hydrogen-bond donors (Lipinski definition) is 1. The summed E-state index contributed by atoms with van der Waals surface area (Å²) < 4.78 is 10.3. The van der Waals surface area contributed by atoms with Crippen molar-refractivity contribution in [2.45, 2.75) is 6.92 Å². The normalized spacial score (nSPS) is 15.9. The van der Waals surface area contributed by atoms with Crippen molar-refractivity contribution in [1.82, 2.24) is 0 Å². The average Bonchev–Trinajstić information content (AvgIpc) is 3.03. The van der Waals surface area contributed by atoms with Gasteiger partial charge in [0.2, 0.25) is 0 Å². The van der Waals surface area contributed by atoms with Gasteiger partial charge in [0.1, 0.15) is 22.4 Å². The zero-order valence-corrected chi connectivity index (χ0v) is 18.6. The number of para-hydroxylation sites is 1. The molecule has 31 heavy (non-hydrogen) atoms. The Labute approximate surface area is 193 Å². The lowest BCUT2D eigenvalue weighted by Gasteiger charge is -2.08. The third-order valence-corrected chi connectivity index (χ3v) is 5.54. The van der Waals surface area contributed by atoms with Crippen molar-refractivity contribution in [3.05, 3.63) is 74.3 Å². The molecule has 0 saturated heterocycles. The topological polar surface area (TPSA) is 91.9 Å². The van der Waals surface area contributed by atoms with E-state index in [0.29, 0.717) is 21.2 Å². The van der Waals surface area contributed by atoms with Gasteiger partial charge in [0, 0.05) is 0 Å². The number of hydrogen-bond acceptors (Lipinski definition) is 7. The van der Waals surface area contributed by atoms with E-state index in [-0.39, 0.29) is 40.3 Å². The molecule has 2 aromatic carbocycles. The molecule has 0 fully saturated rings. The Morgan fingerprint density at radius 1 is 1.26 bits per heavy atom. The van der Waals surface area contributed by atoms with Gasteiger partial charge in [0.05, 0.1) is 27.2 Å². The molecule has 0 atom stereocenters. The Kier molecular flexibility index (Phi) is 7.64. The lowest BCUT2D eigenvalue weighted by atomic mass is 10.1. The number of carbonyl (C=O) groups excluding carboxylic acids is 1. The number of rotatable bonds is 6. The number of aliphatic imine (C=N–C) groups is 1. The van der Waals surface area contributed by atoms with Crippen LogP contribution in [0.3, 0.4) is 0 Å². The standard InChI is InChI=1S/C22H16Cl2N2O4S/c1-2-29-22(28)18-19(27)17(31-21(18)26-14-6-4-3-5-7-14)12-13-10-15(23)20(16(24)11-13)30-9-8-25/h3-7,10-12,27H,2,9H2,1H3/b17-12-,26-21?. The van der Waals surface area contributed by atoms with Crippen LogP contribution in [-0.2, 0) is 9.53 Å². The fourth-order valence-corrected chi connectivity index (χ4v) is 4.32. The van der Waals surface area contributed by atoms with Crippen LogP contribution >= 0.6 is 35.0 Å². The molecule has 3 rings (SSSR count). The van der Waals surface area contributed by atoms with Crippen molar-refractivity contribution in [1.29, 1.82) is 5.26 Å². The first kappa shape index (κ1) is 22.8. The first-order valence-corrected chi connectivity index (χ1v) is 10.6. The van der Waals surface area contributed by atoms with Crippen LogP contribution in [0.4, 0.5) is 5.69 Å². The molecule has 1 aliphatic heterocycles. The minimum atomic E-state index is -0.665. The van der Waals surface area contributed by atoms with Gasteiger partial charge in [-0.05, 0) is 42.8 Å². The van der Waals surface area contributed by atoms with E-state index in [1.807, 2.05) is 24.3 Å². The van der Waals surface area contributed by atoms with Crippen LogP contribution in [0.5, 0.6) is 5.75 Å². The quantitative estimate of drug-likeness (QED) is 0.509. The lowest BCUT2D eigenvalue weighted by Crippen LogP contribution is -2.12. The number of thioether (sulfide) groups is 1. The number of benzene rings is 2. The predicted octanol–water partition coefficient (Wildman–Crippen LogP) is 6.09. The third-order valence-electron chi connectivity index (χ3n) is 3.96. The number of aliphatic hydroxyl groups excluding tert-OH is 1. The highest BCUT2D eigenvalue weighted by atomic mass is 35.5. The van der Waals surface area contributed by atoms with Gasteiger partial charge in [-0.2, -0.15) is 5.26 Å². The summed E-state index contributed by atoms with van der Waals surface area (Å²) in [4.78, 5) is 17.3. The van der Waals surface area contributed by atoms with Crippen LogP contribution < -0.4 is 4.74 Å². The van der Waals surface area contributed by atoms with Crippen molar-refractivity contribution in [2.24, 2.45) is 4.99 Å². The SMILES string of the molecule is CCOC(=O)C1=C(O)/C(=C/c2cc(Cl)c(OCC#N)c(Cl)c2)SC1=Nc1ccccc1. The molecule has 2 aromatic rings. The minimum Gasteiger partial charge on any atom is -0.506 e. The monoisotopic (exact) mass is 474 g/mol. The van der Waals surface area contributed by atoms with Crippen LogP contribution in [0.1, 0.15) is 12.5 Å². The molecule has 0 unspecified atom stereocenters. The van der Waals surface area contributed by atoms with Crippen molar-refractivity contribution < 1.29 is 19.4 Å². The minimum absolute atomic E-state index is 0.00637. The van der Waals surface area contributed by atoms with Gasteiger partial charge in [0.15, 0.2) is 12.4 Å². The number of esters is 1. The first-order valence-electron chi connectivity index (χ1n) is 9.07. The maximum absolute atomic E-state index is 12.5. The smallest absolute Gasteiger partial charge is 0.344 e. The van der Waals surface area contributed by atoms with Crippen molar-refractivity contribution in [3.8, 4) is 11.8 Å². The van der Waals surface area contributed by atoms with Crippen LogP contribution in [0.25, 0.3) is 6.08 Å². The second-order valence-corrected chi connectivity index (χ2v) is 7.91. The molecule has 9 heteroatoms. The molecule has 0 aliphatic carbocycles. The van der Waals surface area contributed by atoms with E-state index < -0.39 is 5.97 Å². The third kappa shape index (κ3) is 5.42. The van der Waals surface area contributed by atoms with Gasteiger partial charge in [0.25, 0.3) is 0 Å². The molecule has 0 bridgehead atoms. The van der Waals surface area contributed by atoms with Crippen LogP contribution in [0.2, 0.25) is 10.0 Å². The van der Waals surface area contributed by atoms with E-state index in [1.54, 1.807) is 37.3 Å². The van der Waals surface area contributed by atoms with Gasteiger partial charge in [-0.25, -0.2) is 9.79 Å². The summed E-state index contributed by atoms with van der Waals surface area (Å²) in [5.74, 6) is -0.707. The van der Waals surface area contributed by atoms with Crippen LogP contribution in [0.15, 0.2) is 63.7 Å². The highest BCUT2D eigenvalue weighted by Gasteiger charge is 2.33. The largest absolute Gasteiger partial charge is 0.506 e. The average molecular weight is 475 g/mol. The maximum Gasteiger partial charge on any atom is 0.344 e. The summed E-state index contributed by atoms with van der Waals surface area (Å²) in [5, 5.41) is 20.2. The van der Waals surface area contributed by atoms with Crippen molar-refractivity contribution in [2.75, 3.05) is 13.2 Å². The van der Waals surface area contributed by atoms with E-state index in [4.69, 9.17) is 37.9 Å². The highest BCUT2D eigenvalue weighted by Crippen LogP contribution is 2.41. The van der Waals surface area contributed by atoms with E-state index in [9.17, 15) is 9.90 Å².